The van der Waals surface area contributed by atoms with Crippen LogP contribution in [0.1, 0.15) is 18.4 Å². The number of phenols is 1. The van der Waals surface area contributed by atoms with Crippen LogP contribution in [0.25, 0.3) is 6.08 Å². The molecule has 0 fully saturated rings. The predicted molar refractivity (Wildman–Crippen MR) is 81.5 cm³/mol. The molecule has 0 aliphatic rings. The van der Waals surface area contributed by atoms with E-state index in [2.05, 4.69) is 5.32 Å². The van der Waals surface area contributed by atoms with Crippen molar-refractivity contribution in [2.45, 2.75) is 12.8 Å². The first kappa shape index (κ1) is 16.8. The van der Waals surface area contributed by atoms with Gasteiger partial charge in [-0.15, -0.1) is 0 Å². The van der Waals surface area contributed by atoms with Crippen molar-refractivity contribution in [1.82, 2.24) is 5.32 Å². The fourth-order valence-corrected chi connectivity index (χ4v) is 1.72. The number of rotatable bonds is 8. The van der Waals surface area contributed by atoms with Gasteiger partial charge < -0.3 is 25.6 Å². The van der Waals surface area contributed by atoms with Crippen LogP contribution in [0.15, 0.2) is 18.2 Å². The van der Waals surface area contributed by atoms with Crippen LogP contribution in [0, 0.1) is 0 Å². The van der Waals surface area contributed by atoms with Gasteiger partial charge in [0.2, 0.25) is 11.7 Å². The molecule has 1 aromatic rings. The summed E-state index contributed by atoms with van der Waals surface area (Å²) in [4.78, 5) is 11.6. The molecule has 0 aromatic heterocycles. The third-order valence-corrected chi connectivity index (χ3v) is 2.86. The van der Waals surface area contributed by atoms with Crippen LogP contribution >= 0.6 is 0 Å². The maximum atomic E-state index is 11.6. The Labute approximate surface area is 124 Å². The SMILES string of the molecule is COc1cc(/C=C/C(=O)NCCCCN)cc(OC)c1O. The lowest BCUT2D eigenvalue weighted by Gasteiger charge is -2.09. The average molecular weight is 294 g/mol. The number of carbonyl (C=O) groups is 1. The number of carbonyl (C=O) groups excluding carboxylic acids is 1. The summed E-state index contributed by atoms with van der Waals surface area (Å²) in [6.45, 7) is 1.22. The quantitative estimate of drug-likeness (QED) is 0.496. The summed E-state index contributed by atoms with van der Waals surface area (Å²) in [5.41, 5.74) is 6.07. The number of phenolic OH excluding ortho intramolecular Hbond substituents is 1. The van der Waals surface area contributed by atoms with E-state index in [0.29, 0.717) is 18.7 Å². The molecule has 0 aliphatic heterocycles. The van der Waals surface area contributed by atoms with E-state index < -0.39 is 0 Å². The van der Waals surface area contributed by atoms with Gasteiger partial charge in [0.1, 0.15) is 0 Å². The van der Waals surface area contributed by atoms with Gasteiger partial charge >= 0.3 is 0 Å². The van der Waals surface area contributed by atoms with Gasteiger partial charge in [-0.2, -0.15) is 0 Å². The first-order chi connectivity index (χ1) is 10.1. The van der Waals surface area contributed by atoms with E-state index in [0.717, 1.165) is 12.8 Å². The molecule has 116 valence electrons. The number of amides is 1. The van der Waals surface area contributed by atoms with E-state index in [-0.39, 0.29) is 23.2 Å². The highest BCUT2D eigenvalue weighted by atomic mass is 16.5. The molecular formula is C15H22N2O4. The molecule has 0 bridgehead atoms. The standard InChI is InChI=1S/C15H22N2O4/c1-20-12-9-11(10-13(21-2)15(12)19)5-6-14(18)17-8-4-3-7-16/h5-6,9-10,19H,3-4,7-8,16H2,1-2H3,(H,17,18)/b6-5+. The highest BCUT2D eigenvalue weighted by Crippen LogP contribution is 2.37. The summed E-state index contributed by atoms with van der Waals surface area (Å²) in [6.07, 6.45) is 4.80. The molecule has 0 radical (unpaired) electrons. The largest absolute Gasteiger partial charge is 0.502 e. The van der Waals surface area contributed by atoms with Crippen molar-refractivity contribution in [1.29, 1.82) is 0 Å². The second kappa shape index (κ2) is 8.86. The third kappa shape index (κ3) is 5.35. The van der Waals surface area contributed by atoms with Gasteiger partial charge in [0, 0.05) is 12.6 Å². The van der Waals surface area contributed by atoms with Gasteiger partial charge in [-0.25, -0.2) is 0 Å². The van der Waals surface area contributed by atoms with Crippen LogP contribution in [0.2, 0.25) is 0 Å². The zero-order chi connectivity index (χ0) is 15.7. The van der Waals surface area contributed by atoms with Crippen LogP contribution in [0.5, 0.6) is 17.2 Å². The van der Waals surface area contributed by atoms with Gasteiger partial charge in [-0.05, 0) is 43.2 Å². The summed E-state index contributed by atoms with van der Waals surface area (Å²) in [5, 5.41) is 12.6. The molecule has 6 heteroatoms. The van der Waals surface area contributed by atoms with Crippen molar-refractivity contribution in [3.8, 4) is 17.2 Å². The predicted octanol–water partition coefficient (Wildman–Crippen LogP) is 1.28. The number of aromatic hydroxyl groups is 1. The highest BCUT2D eigenvalue weighted by molar-refractivity contribution is 5.91. The molecule has 1 rings (SSSR count). The molecule has 4 N–H and O–H groups in total. The van der Waals surface area contributed by atoms with Crippen molar-refractivity contribution in [2.75, 3.05) is 27.3 Å². The molecule has 1 amide bonds. The normalized spacial score (nSPS) is 10.6. The number of nitrogens with two attached hydrogens (primary N) is 1. The van der Waals surface area contributed by atoms with Gasteiger partial charge in [0.05, 0.1) is 14.2 Å². The van der Waals surface area contributed by atoms with E-state index in [9.17, 15) is 9.90 Å². The number of nitrogens with one attached hydrogen (secondary N) is 1. The molecular weight excluding hydrogens is 272 g/mol. The lowest BCUT2D eigenvalue weighted by molar-refractivity contribution is -0.116. The van der Waals surface area contributed by atoms with Gasteiger partial charge in [-0.1, -0.05) is 0 Å². The molecule has 0 aliphatic carbocycles. The van der Waals surface area contributed by atoms with Crippen LogP contribution in [0.4, 0.5) is 0 Å². The van der Waals surface area contributed by atoms with E-state index >= 15 is 0 Å². The summed E-state index contributed by atoms with van der Waals surface area (Å²) in [5.74, 6) is 0.330. The van der Waals surface area contributed by atoms with Crippen molar-refractivity contribution < 1.29 is 19.4 Å². The molecule has 6 nitrogen and oxygen atoms in total. The summed E-state index contributed by atoms with van der Waals surface area (Å²) >= 11 is 0. The minimum Gasteiger partial charge on any atom is -0.502 e. The van der Waals surface area contributed by atoms with E-state index in [4.69, 9.17) is 15.2 Å². The molecule has 0 saturated heterocycles. The number of hydrogen-bond donors (Lipinski definition) is 3. The first-order valence-electron chi connectivity index (χ1n) is 6.73. The Morgan fingerprint density at radius 3 is 2.43 bits per heavy atom. The fourth-order valence-electron chi connectivity index (χ4n) is 1.72. The van der Waals surface area contributed by atoms with E-state index in [1.807, 2.05) is 0 Å². The van der Waals surface area contributed by atoms with Crippen LogP contribution in [-0.2, 0) is 4.79 Å². The topological polar surface area (TPSA) is 93.8 Å². The molecule has 1 aromatic carbocycles. The number of benzene rings is 1. The van der Waals surface area contributed by atoms with Crippen LogP contribution in [0.3, 0.4) is 0 Å². The van der Waals surface area contributed by atoms with E-state index in [1.165, 1.54) is 20.3 Å². The summed E-state index contributed by atoms with van der Waals surface area (Å²) in [6, 6.07) is 3.24. The smallest absolute Gasteiger partial charge is 0.243 e. The zero-order valence-electron chi connectivity index (χ0n) is 12.4. The van der Waals surface area contributed by atoms with Crippen molar-refractivity contribution in [2.24, 2.45) is 5.73 Å². The molecule has 0 atom stereocenters. The zero-order valence-corrected chi connectivity index (χ0v) is 12.4. The highest BCUT2D eigenvalue weighted by Gasteiger charge is 2.09. The molecule has 0 saturated carbocycles. The molecule has 0 heterocycles. The van der Waals surface area contributed by atoms with Crippen molar-refractivity contribution in [3.63, 3.8) is 0 Å². The monoisotopic (exact) mass is 294 g/mol. The average Bonchev–Trinajstić information content (AvgIpc) is 2.50. The van der Waals surface area contributed by atoms with Crippen LogP contribution in [-0.4, -0.2) is 38.3 Å². The Morgan fingerprint density at radius 2 is 1.90 bits per heavy atom. The second-order valence-electron chi connectivity index (χ2n) is 4.39. The summed E-state index contributed by atoms with van der Waals surface area (Å²) in [7, 11) is 2.90. The minimum absolute atomic E-state index is 0.0663. The second-order valence-corrected chi connectivity index (χ2v) is 4.39. The summed E-state index contributed by atoms with van der Waals surface area (Å²) < 4.78 is 10.1. The number of hydrogen-bond acceptors (Lipinski definition) is 5. The van der Waals surface area contributed by atoms with E-state index in [1.54, 1.807) is 18.2 Å². The Bertz CT molecular complexity index is 475. The van der Waals surface area contributed by atoms with Crippen molar-refractivity contribution in [3.05, 3.63) is 23.8 Å². The maximum Gasteiger partial charge on any atom is 0.243 e. The number of methoxy groups -OCH3 is 2. The number of unbranched alkanes of at least 4 members (excludes halogenated alkanes) is 1. The molecule has 0 unspecified atom stereocenters. The first-order valence-corrected chi connectivity index (χ1v) is 6.73. The van der Waals surface area contributed by atoms with Gasteiger partial charge in [0.25, 0.3) is 0 Å². The molecule has 0 spiro atoms. The number of ether oxygens (including phenoxy) is 2. The maximum absolute atomic E-state index is 11.6. The van der Waals surface area contributed by atoms with Crippen LogP contribution < -0.4 is 20.5 Å². The Kier molecular flexibility index (Phi) is 7.11. The minimum atomic E-state index is -0.182. The Hall–Kier alpha value is -2.21. The third-order valence-electron chi connectivity index (χ3n) is 2.86. The van der Waals surface area contributed by atoms with Crippen molar-refractivity contribution >= 4 is 12.0 Å². The van der Waals surface area contributed by atoms with Gasteiger partial charge in [0.15, 0.2) is 11.5 Å². The lowest BCUT2D eigenvalue weighted by Crippen LogP contribution is -2.22. The molecule has 21 heavy (non-hydrogen) atoms. The lowest BCUT2D eigenvalue weighted by atomic mass is 10.1. The van der Waals surface area contributed by atoms with Gasteiger partial charge in [-0.3, -0.25) is 4.79 Å². The fraction of sp³-hybridized carbons (Fsp3) is 0.400. The Balaban J connectivity index is 2.69. The Morgan fingerprint density at radius 1 is 1.29 bits per heavy atom.